The van der Waals surface area contributed by atoms with Gasteiger partial charge in [-0.2, -0.15) is 0 Å². The van der Waals surface area contributed by atoms with Crippen LogP contribution in [0.25, 0.3) is 10.8 Å². The lowest BCUT2D eigenvalue weighted by Gasteiger charge is -2.09. The van der Waals surface area contributed by atoms with Gasteiger partial charge in [0.05, 0.1) is 12.1 Å². The second-order valence-electron chi connectivity index (χ2n) is 4.93. The predicted molar refractivity (Wildman–Crippen MR) is 79.9 cm³/mol. The Morgan fingerprint density at radius 1 is 1.10 bits per heavy atom. The Balaban J connectivity index is 1.81. The van der Waals surface area contributed by atoms with Gasteiger partial charge in [0.25, 0.3) is 0 Å². The Labute approximate surface area is 121 Å². The van der Waals surface area contributed by atoms with Crippen LogP contribution in [0.4, 0.5) is 5.88 Å². The van der Waals surface area contributed by atoms with Gasteiger partial charge in [-0.1, -0.05) is 42.5 Å². The Kier molecular flexibility index (Phi) is 3.41. The standard InChI is InChI=1S/C16H14N2O3/c17-14(15-7-8-16(21-15)18(19)20)10-11-5-6-12-3-1-2-4-13(12)9-11/h1-9,14H,10,17H2. The molecule has 1 unspecified atom stereocenters. The molecule has 106 valence electrons. The van der Waals surface area contributed by atoms with Gasteiger partial charge in [0.1, 0.15) is 10.7 Å². The number of hydrogen-bond acceptors (Lipinski definition) is 4. The lowest BCUT2D eigenvalue weighted by Crippen LogP contribution is -2.12. The normalized spacial score (nSPS) is 12.4. The highest BCUT2D eigenvalue weighted by molar-refractivity contribution is 5.83. The van der Waals surface area contributed by atoms with E-state index in [9.17, 15) is 10.1 Å². The predicted octanol–water partition coefficient (Wildman–Crippen LogP) is 3.58. The van der Waals surface area contributed by atoms with E-state index in [-0.39, 0.29) is 5.88 Å². The molecular formula is C16H14N2O3. The van der Waals surface area contributed by atoms with E-state index < -0.39 is 11.0 Å². The van der Waals surface area contributed by atoms with Crippen molar-refractivity contribution < 1.29 is 9.34 Å². The van der Waals surface area contributed by atoms with Gasteiger partial charge in [0.2, 0.25) is 0 Å². The Bertz CT molecular complexity index is 795. The van der Waals surface area contributed by atoms with E-state index in [2.05, 4.69) is 12.1 Å². The first kappa shape index (κ1) is 13.3. The van der Waals surface area contributed by atoms with E-state index in [0.717, 1.165) is 10.9 Å². The molecule has 3 rings (SSSR count). The van der Waals surface area contributed by atoms with Crippen LogP contribution in [0.15, 0.2) is 59.0 Å². The van der Waals surface area contributed by atoms with Gasteiger partial charge in [-0.3, -0.25) is 10.1 Å². The molecule has 0 saturated carbocycles. The van der Waals surface area contributed by atoms with Gasteiger partial charge in [0, 0.05) is 0 Å². The maximum absolute atomic E-state index is 10.6. The molecule has 0 aliphatic rings. The first-order chi connectivity index (χ1) is 10.1. The monoisotopic (exact) mass is 282 g/mol. The second kappa shape index (κ2) is 5.38. The van der Waals surface area contributed by atoms with Crippen LogP contribution < -0.4 is 5.73 Å². The maximum Gasteiger partial charge on any atom is 0.433 e. The number of benzene rings is 2. The van der Waals surface area contributed by atoms with Crippen LogP contribution >= 0.6 is 0 Å². The molecule has 0 radical (unpaired) electrons. The minimum atomic E-state index is -0.563. The Hall–Kier alpha value is -2.66. The fourth-order valence-corrected chi connectivity index (χ4v) is 2.36. The number of hydrogen-bond donors (Lipinski definition) is 1. The molecule has 0 aliphatic carbocycles. The highest BCUT2D eigenvalue weighted by atomic mass is 16.6. The fraction of sp³-hybridized carbons (Fsp3) is 0.125. The minimum absolute atomic E-state index is 0.279. The molecule has 1 heterocycles. The van der Waals surface area contributed by atoms with Gasteiger partial charge < -0.3 is 10.2 Å². The molecule has 21 heavy (non-hydrogen) atoms. The molecule has 0 amide bonds. The summed E-state index contributed by atoms with van der Waals surface area (Å²) in [6, 6.07) is 16.7. The van der Waals surface area contributed by atoms with Crippen LogP contribution in [0.5, 0.6) is 0 Å². The SMILES string of the molecule is NC(Cc1ccc2ccccc2c1)c1ccc([N+](=O)[O-])o1. The molecule has 0 saturated heterocycles. The van der Waals surface area contributed by atoms with Gasteiger partial charge in [-0.05, 0) is 28.8 Å². The van der Waals surface area contributed by atoms with Gasteiger partial charge in [-0.25, -0.2) is 0 Å². The molecule has 0 spiro atoms. The summed E-state index contributed by atoms with van der Waals surface area (Å²) in [5, 5.41) is 12.9. The molecule has 3 aromatic rings. The summed E-state index contributed by atoms with van der Waals surface area (Å²) in [5.41, 5.74) is 7.14. The second-order valence-corrected chi connectivity index (χ2v) is 4.93. The van der Waals surface area contributed by atoms with E-state index in [1.807, 2.05) is 30.3 Å². The summed E-state index contributed by atoms with van der Waals surface area (Å²) in [6.07, 6.45) is 0.565. The zero-order valence-corrected chi connectivity index (χ0v) is 11.2. The minimum Gasteiger partial charge on any atom is -0.404 e. The van der Waals surface area contributed by atoms with E-state index >= 15 is 0 Å². The van der Waals surface area contributed by atoms with Crippen molar-refractivity contribution in [3.05, 3.63) is 76.0 Å². The van der Waals surface area contributed by atoms with Crippen molar-refractivity contribution in [3.63, 3.8) is 0 Å². The molecule has 0 aliphatic heterocycles. The Morgan fingerprint density at radius 2 is 1.86 bits per heavy atom. The molecule has 5 nitrogen and oxygen atoms in total. The van der Waals surface area contributed by atoms with Crippen molar-refractivity contribution in [2.45, 2.75) is 12.5 Å². The molecule has 2 aromatic carbocycles. The number of fused-ring (bicyclic) bond motifs is 1. The smallest absolute Gasteiger partial charge is 0.404 e. The van der Waals surface area contributed by atoms with Crippen LogP contribution in [-0.4, -0.2) is 4.92 Å². The number of furan rings is 1. The Morgan fingerprint density at radius 3 is 2.57 bits per heavy atom. The maximum atomic E-state index is 10.6. The third-order valence-corrected chi connectivity index (χ3v) is 3.43. The summed E-state index contributed by atoms with van der Waals surface area (Å²) in [7, 11) is 0. The molecule has 1 aromatic heterocycles. The summed E-state index contributed by atoms with van der Waals surface area (Å²) in [6.45, 7) is 0. The fourth-order valence-electron chi connectivity index (χ4n) is 2.36. The molecule has 0 fully saturated rings. The van der Waals surface area contributed by atoms with Crippen molar-refractivity contribution in [3.8, 4) is 0 Å². The van der Waals surface area contributed by atoms with Crippen LogP contribution in [0.2, 0.25) is 0 Å². The quantitative estimate of drug-likeness (QED) is 0.585. The lowest BCUT2D eigenvalue weighted by molar-refractivity contribution is -0.402. The summed E-state index contributed by atoms with van der Waals surface area (Å²) in [4.78, 5) is 10.0. The molecule has 0 bridgehead atoms. The molecule has 2 N–H and O–H groups in total. The summed E-state index contributed by atoms with van der Waals surface area (Å²) < 4.78 is 5.14. The third-order valence-electron chi connectivity index (χ3n) is 3.43. The van der Waals surface area contributed by atoms with Gasteiger partial charge >= 0.3 is 5.88 Å². The van der Waals surface area contributed by atoms with Crippen molar-refractivity contribution in [2.75, 3.05) is 0 Å². The topological polar surface area (TPSA) is 82.3 Å². The van der Waals surface area contributed by atoms with Crippen LogP contribution in [0.1, 0.15) is 17.4 Å². The molecule has 1 atom stereocenters. The number of nitrogens with zero attached hydrogens (tertiary/aromatic N) is 1. The summed E-state index contributed by atoms with van der Waals surface area (Å²) in [5.74, 6) is 0.147. The summed E-state index contributed by atoms with van der Waals surface area (Å²) >= 11 is 0. The molecular weight excluding hydrogens is 268 g/mol. The average molecular weight is 282 g/mol. The first-order valence-corrected chi connectivity index (χ1v) is 6.61. The number of nitrogens with two attached hydrogens (primary N) is 1. The highest BCUT2D eigenvalue weighted by Gasteiger charge is 2.17. The van der Waals surface area contributed by atoms with Crippen molar-refractivity contribution in [1.29, 1.82) is 0 Å². The number of nitro groups is 1. The van der Waals surface area contributed by atoms with Gasteiger partial charge in [0.15, 0.2) is 0 Å². The van der Waals surface area contributed by atoms with Crippen LogP contribution in [-0.2, 0) is 6.42 Å². The zero-order chi connectivity index (χ0) is 14.8. The highest BCUT2D eigenvalue weighted by Crippen LogP contribution is 2.24. The first-order valence-electron chi connectivity index (χ1n) is 6.61. The van der Waals surface area contributed by atoms with Crippen LogP contribution in [0.3, 0.4) is 0 Å². The van der Waals surface area contributed by atoms with Crippen LogP contribution in [0, 0.1) is 10.1 Å². The van der Waals surface area contributed by atoms with Gasteiger partial charge in [-0.15, -0.1) is 0 Å². The average Bonchev–Trinajstić information content (AvgIpc) is 2.97. The van der Waals surface area contributed by atoms with E-state index in [1.165, 1.54) is 11.5 Å². The van der Waals surface area contributed by atoms with E-state index in [0.29, 0.717) is 12.2 Å². The van der Waals surface area contributed by atoms with Crippen molar-refractivity contribution in [1.82, 2.24) is 0 Å². The zero-order valence-electron chi connectivity index (χ0n) is 11.2. The molecule has 5 heteroatoms. The van der Waals surface area contributed by atoms with Crippen molar-refractivity contribution >= 4 is 16.7 Å². The van der Waals surface area contributed by atoms with Crippen molar-refractivity contribution in [2.24, 2.45) is 5.73 Å². The van der Waals surface area contributed by atoms with E-state index in [4.69, 9.17) is 10.2 Å². The lowest BCUT2D eigenvalue weighted by atomic mass is 10.0. The third kappa shape index (κ3) is 2.78. The largest absolute Gasteiger partial charge is 0.433 e. The van der Waals surface area contributed by atoms with E-state index in [1.54, 1.807) is 6.07 Å². The number of rotatable bonds is 4.